The van der Waals surface area contributed by atoms with Crippen LogP contribution in [0.3, 0.4) is 0 Å². The molecule has 0 saturated carbocycles. The number of non-ortho nitro benzene ring substituents is 1. The Kier molecular flexibility index (Phi) is 5.50. The maximum Gasteiger partial charge on any atom is 0.270 e. The van der Waals surface area contributed by atoms with E-state index in [9.17, 15) is 23.3 Å². The Labute approximate surface area is 176 Å². The fourth-order valence-electron chi connectivity index (χ4n) is 3.30. The zero-order valence-corrected chi connectivity index (χ0v) is 17.4. The predicted molar refractivity (Wildman–Crippen MR) is 113 cm³/mol. The van der Waals surface area contributed by atoms with Crippen molar-refractivity contribution in [3.05, 3.63) is 58.1 Å². The van der Waals surface area contributed by atoms with Crippen molar-refractivity contribution in [2.24, 2.45) is 0 Å². The van der Waals surface area contributed by atoms with Gasteiger partial charge in [0, 0.05) is 30.8 Å². The molecule has 9 nitrogen and oxygen atoms in total. The number of aromatic nitrogens is 1. The van der Waals surface area contributed by atoms with Gasteiger partial charge in [0.05, 0.1) is 20.0 Å². The van der Waals surface area contributed by atoms with E-state index in [0.29, 0.717) is 23.3 Å². The molecule has 30 heavy (non-hydrogen) atoms. The van der Waals surface area contributed by atoms with Gasteiger partial charge in [0.1, 0.15) is 0 Å². The van der Waals surface area contributed by atoms with Gasteiger partial charge in [0.15, 0.2) is 5.13 Å². The number of hydrogen-bond acceptors (Lipinski definition) is 7. The number of anilines is 1. The van der Waals surface area contributed by atoms with Crippen LogP contribution in [0.4, 0.5) is 10.8 Å². The van der Waals surface area contributed by atoms with Gasteiger partial charge >= 0.3 is 0 Å². The number of carbonyl (C=O) groups is 1. The summed E-state index contributed by atoms with van der Waals surface area (Å²) in [5.41, 5.74) is 0.517. The molecule has 1 aliphatic rings. The van der Waals surface area contributed by atoms with Crippen LogP contribution in [-0.4, -0.2) is 41.6 Å². The second kappa shape index (κ2) is 8.09. The SMILES string of the molecule is O=C(Nc1nc2ccc(S(=O)(=O)N3CCCCC3)cc2s1)c1cccc([N+](=O)[O-])c1. The van der Waals surface area contributed by atoms with E-state index < -0.39 is 20.9 Å². The van der Waals surface area contributed by atoms with E-state index in [0.717, 1.165) is 30.6 Å². The molecule has 11 heteroatoms. The quantitative estimate of drug-likeness (QED) is 0.472. The Bertz CT molecular complexity index is 1230. The first-order chi connectivity index (χ1) is 14.3. The number of piperidine rings is 1. The van der Waals surface area contributed by atoms with Crippen LogP contribution in [0.25, 0.3) is 10.2 Å². The number of fused-ring (bicyclic) bond motifs is 1. The molecule has 1 saturated heterocycles. The molecule has 0 aliphatic carbocycles. The molecule has 2 heterocycles. The number of carbonyl (C=O) groups excluding carboxylic acids is 1. The van der Waals surface area contributed by atoms with Crippen LogP contribution < -0.4 is 5.32 Å². The number of rotatable bonds is 5. The summed E-state index contributed by atoms with van der Waals surface area (Å²) in [5.74, 6) is -0.529. The third kappa shape index (κ3) is 4.04. The minimum atomic E-state index is -3.56. The fourth-order valence-corrected chi connectivity index (χ4v) is 5.82. The lowest BCUT2D eigenvalue weighted by atomic mass is 10.2. The lowest BCUT2D eigenvalue weighted by Crippen LogP contribution is -2.35. The Morgan fingerprint density at radius 1 is 1.13 bits per heavy atom. The second-order valence-electron chi connectivity index (χ2n) is 6.87. The first-order valence-corrected chi connectivity index (χ1v) is 11.6. The minimum absolute atomic E-state index is 0.136. The summed E-state index contributed by atoms with van der Waals surface area (Å²) < 4.78 is 27.9. The number of nitrogens with zero attached hydrogens (tertiary/aromatic N) is 3. The molecule has 2 aromatic carbocycles. The summed E-state index contributed by atoms with van der Waals surface area (Å²) in [7, 11) is -3.56. The highest BCUT2D eigenvalue weighted by Crippen LogP contribution is 2.30. The van der Waals surface area contributed by atoms with Crippen molar-refractivity contribution in [2.45, 2.75) is 24.2 Å². The highest BCUT2D eigenvalue weighted by atomic mass is 32.2. The van der Waals surface area contributed by atoms with Crippen molar-refractivity contribution in [2.75, 3.05) is 18.4 Å². The van der Waals surface area contributed by atoms with Gasteiger partial charge in [-0.3, -0.25) is 20.2 Å². The summed E-state index contributed by atoms with van der Waals surface area (Å²) in [6.45, 7) is 1.04. The van der Waals surface area contributed by atoms with Gasteiger partial charge in [0.2, 0.25) is 10.0 Å². The third-order valence-corrected chi connectivity index (χ3v) is 7.68. The van der Waals surface area contributed by atoms with Crippen molar-refractivity contribution in [1.29, 1.82) is 0 Å². The zero-order valence-electron chi connectivity index (χ0n) is 15.8. The highest BCUT2D eigenvalue weighted by molar-refractivity contribution is 7.89. The number of thiazole rings is 1. The molecule has 1 aromatic heterocycles. The van der Waals surface area contributed by atoms with Gasteiger partial charge in [-0.1, -0.05) is 23.8 Å². The summed E-state index contributed by atoms with van der Waals surface area (Å²) in [6.07, 6.45) is 2.75. The molecule has 1 N–H and O–H groups in total. The third-order valence-electron chi connectivity index (χ3n) is 4.85. The molecule has 0 radical (unpaired) electrons. The van der Waals surface area contributed by atoms with E-state index in [2.05, 4.69) is 10.3 Å². The van der Waals surface area contributed by atoms with E-state index in [1.54, 1.807) is 12.1 Å². The summed E-state index contributed by atoms with van der Waals surface area (Å²) in [6, 6.07) is 10.1. The Morgan fingerprint density at radius 3 is 2.63 bits per heavy atom. The van der Waals surface area contributed by atoms with E-state index in [1.807, 2.05) is 0 Å². The summed E-state index contributed by atoms with van der Waals surface area (Å²) >= 11 is 1.15. The normalized spacial score (nSPS) is 15.2. The van der Waals surface area contributed by atoms with Crippen LogP contribution in [-0.2, 0) is 10.0 Å². The van der Waals surface area contributed by atoms with Crippen molar-refractivity contribution in [3.63, 3.8) is 0 Å². The molecule has 156 valence electrons. The standard InChI is InChI=1S/C19H18N4O5S2/c24-18(13-5-4-6-14(11-13)23(25)26)21-19-20-16-8-7-15(12-17(16)29-19)30(27,28)22-9-2-1-3-10-22/h4-8,11-12H,1-3,9-10H2,(H,20,21,24). The van der Waals surface area contributed by atoms with Gasteiger partial charge in [-0.25, -0.2) is 13.4 Å². The van der Waals surface area contributed by atoms with Crippen LogP contribution in [0.2, 0.25) is 0 Å². The number of benzene rings is 2. The van der Waals surface area contributed by atoms with E-state index in [-0.39, 0.29) is 21.3 Å². The first-order valence-electron chi connectivity index (χ1n) is 9.31. The van der Waals surface area contributed by atoms with Crippen molar-refractivity contribution in [3.8, 4) is 0 Å². The van der Waals surface area contributed by atoms with Crippen molar-refractivity contribution < 1.29 is 18.1 Å². The average molecular weight is 447 g/mol. The molecule has 1 aliphatic heterocycles. The van der Waals surface area contributed by atoms with Gasteiger partial charge in [-0.2, -0.15) is 4.31 Å². The van der Waals surface area contributed by atoms with Crippen molar-refractivity contribution in [1.82, 2.24) is 9.29 Å². The van der Waals surface area contributed by atoms with E-state index in [1.165, 1.54) is 34.6 Å². The number of nitro benzene ring substituents is 1. The topological polar surface area (TPSA) is 123 Å². The smallest absolute Gasteiger partial charge is 0.270 e. The summed E-state index contributed by atoms with van der Waals surface area (Å²) in [4.78, 5) is 27.3. The molecule has 0 unspecified atom stereocenters. The molecular formula is C19H18N4O5S2. The van der Waals surface area contributed by atoms with Gasteiger partial charge in [0.25, 0.3) is 11.6 Å². The van der Waals surface area contributed by atoms with Gasteiger partial charge in [-0.05, 0) is 37.1 Å². The molecular weight excluding hydrogens is 428 g/mol. The monoisotopic (exact) mass is 446 g/mol. The van der Waals surface area contributed by atoms with Crippen LogP contribution in [0.1, 0.15) is 29.6 Å². The maximum absolute atomic E-state index is 12.9. The number of nitro groups is 1. The Hall–Kier alpha value is -2.89. The van der Waals surface area contributed by atoms with E-state index >= 15 is 0 Å². The number of nitrogens with one attached hydrogen (secondary N) is 1. The van der Waals surface area contributed by atoms with Crippen molar-refractivity contribution >= 4 is 48.3 Å². The molecule has 0 bridgehead atoms. The lowest BCUT2D eigenvalue weighted by Gasteiger charge is -2.25. The molecule has 3 aromatic rings. The van der Waals surface area contributed by atoms with E-state index in [4.69, 9.17) is 0 Å². The zero-order chi connectivity index (χ0) is 21.3. The van der Waals surface area contributed by atoms with Gasteiger partial charge < -0.3 is 0 Å². The van der Waals surface area contributed by atoms with Crippen LogP contribution in [0.5, 0.6) is 0 Å². The highest BCUT2D eigenvalue weighted by Gasteiger charge is 2.26. The molecule has 0 atom stereocenters. The minimum Gasteiger partial charge on any atom is -0.298 e. The summed E-state index contributed by atoms with van der Waals surface area (Å²) in [5, 5.41) is 13.8. The second-order valence-corrected chi connectivity index (χ2v) is 9.84. The van der Waals surface area contributed by atoms with Crippen LogP contribution in [0, 0.1) is 10.1 Å². The fraction of sp³-hybridized carbons (Fsp3) is 0.263. The Morgan fingerprint density at radius 2 is 1.90 bits per heavy atom. The first kappa shape index (κ1) is 20.4. The van der Waals surface area contributed by atoms with Crippen LogP contribution >= 0.6 is 11.3 Å². The maximum atomic E-state index is 12.9. The number of sulfonamides is 1. The number of amides is 1. The molecule has 1 amide bonds. The largest absolute Gasteiger partial charge is 0.298 e. The molecule has 1 fully saturated rings. The van der Waals surface area contributed by atoms with Gasteiger partial charge in [-0.15, -0.1) is 0 Å². The average Bonchev–Trinajstić information content (AvgIpc) is 3.15. The Balaban J connectivity index is 1.57. The molecule has 4 rings (SSSR count). The number of hydrogen-bond donors (Lipinski definition) is 1. The molecule has 0 spiro atoms. The van der Waals surface area contributed by atoms with Crippen LogP contribution in [0.15, 0.2) is 47.4 Å². The predicted octanol–water partition coefficient (Wildman–Crippen LogP) is 3.63. The lowest BCUT2D eigenvalue weighted by molar-refractivity contribution is -0.384.